The minimum Gasteiger partial charge on any atom is -0.381 e. The van der Waals surface area contributed by atoms with Gasteiger partial charge in [0, 0.05) is 23.2 Å². The second-order valence-corrected chi connectivity index (χ2v) is 6.16. The highest BCUT2D eigenvalue weighted by atomic mass is 32.1. The molecule has 0 aliphatic heterocycles. The van der Waals surface area contributed by atoms with Gasteiger partial charge in [-0.1, -0.05) is 12.1 Å². The molecule has 3 rings (SSSR count). The van der Waals surface area contributed by atoms with Gasteiger partial charge < -0.3 is 5.32 Å². The maximum absolute atomic E-state index is 4.52. The van der Waals surface area contributed by atoms with Crippen molar-refractivity contribution in [1.82, 2.24) is 4.98 Å². The van der Waals surface area contributed by atoms with Crippen LogP contribution in [0.4, 0.5) is 5.69 Å². The highest BCUT2D eigenvalue weighted by Gasteiger charge is 2.03. The number of hydrogen-bond donors (Lipinski definition) is 1. The number of aryl methyl sites for hydroxylation is 1. The van der Waals surface area contributed by atoms with Gasteiger partial charge in [0.05, 0.1) is 10.7 Å². The van der Waals surface area contributed by atoms with Crippen LogP contribution in [0.3, 0.4) is 0 Å². The number of anilines is 1. The molecule has 2 heterocycles. The standard InChI is InChI=1S/C15H14N2S2/c1-11-17-15(10-19-11)13-3-2-4-14(7-13)16-8-12-5-6-18-9-12/h2-7,9-10,16H,8H2,1H3. The van der Waals surface area contributed by atoms with Gasteiger partial charge >= 0.3 is 0 Å². The van der Waals surface area contributed by atoms with Crippen LogP contribution in [0.15, 0.2) is 46.5 Å². The fourth-order valence-electron chi connectivity index (χ4n) is 1.88. The lowest BCUT2D eigenvalue weighted by Crippen LogP contribution is -1.97. The Bertz CT molecular complexity index is 656. The van der Waals surface area contributed by atoms with Crippen molar-refractivity contribution in [1.29, 1.82) is 0 Å². The lowest BCUT2D eigenvalue weighted by Gasteiger charge is -2.06. The van der Waals surface area contributed by atoms with Gasteiger partial charge in [0.15, 0.2) is 0 Å². The number of thiophene rings is 1. The van der Waals surface area contributed by atoms with Crippen molar-refractivity contribution in [2.45, 2.75) is 13.5 Å². The third kappa shape index (κ3) is 3.03. The molecule has 0 amide bonds. The van der Waals surface area contributed by atoms with Gasteiger partial charge in [0.25, 0.3) is 0 Å². The molecule has 0 fully saturated rings. The SMILES string of the molecule is Cc1nc(-c2cccc(NCc3ccsc3)c2)cs1. The second-order valence-electron chi connectivity index (χ2n) is 4.32. The Hall–Kier alpha value is -1.65. The van der Waals surface area contributed by atoms with Crippen LogP contribution in [-0.4, -0.2) is 4.98 Å². The first kappa shape index (κ1) is 12.4. The maximum Gasteiger partial charge on any atom is 0.0901 e. The quantitative estimate of drug-likeness (QED) is 0.745. The summed E-state index contributed by atoms with van der Waals surface area (Å²) in [6.45, 7) is 2.90. The zero-order valence-electron chi connectivity index (χ0n) is 10.6. The Morgan fingerprint density at radius 1 is 1.21 bits per heavy atom. The first-order chi connectivity index (χ1) is 9.31. The van der Waals surface area contributed by atoms with E-state index in [-0.39, 0.29) is 0 Å². The van der Waals surface area contributed by atoms with Crippen LogP contribution in [-0.2, 0) is 6.54 Å². The van der Waals surface area contributed by atoms with Gasteiger partial charge in [-0.05, 0) is 41.4 Å². The number of nitrogens with zero attached hydrogens (tertiary/aromatic N) is 1. The highest BCUT2D eigenvalue weighted by Crippen LogP contribution is 2.24. The van der Waals surface area contributed by atoms with E-state index in [9.17, 15) is 0 Å². The molecule has 19 heavy (non-hydrogen) atoms. The molecule has 0 radical (unpaired) electrons. The molecule has 0 saturated heterocycles. The van der Waals surface area contributed by atoms with Crippen LogP contribution in [0, 0.1) is 6.92 Å². The molecular weight excluding hydrogens is 272 g/mol. The summed E-state index contributed by atoms with van der Waals surface area (Å²) >= 11 is 3.42. The van der Waals surface area contributed by atoms with E-state index in [1.165, 1.54) is 11.1 Å². The fourth-order valence-corrected chi connectivity index (χ4v) is 3.17. The number of thiazole rings is 1. The van der Waals surface area contributed by atoms with Crippen LogP contribution in [0.1, 0.15) is 10.6 Å². The van der Waals surface area contributed by atoms with Gasteiger partial charge in [-0.3, -0.25) is 0 Å². The zero-order chi connectivity index (χ0) is 13.1. The number of nitrogens with one attached hydrogen (secondary N) is 1. The molecule has 0 bridgehead atoms. The van der Waals surface area contributed by atoms with E-state index in [0.29, 0.717) is 0 Å². The van der Waals surface area contributed by atoms with Gasteiger partial charge in [-0.2, -0.15) is 11.3 Å². The molecule has 2 nitrogen and oxygen atoms in total. The largest absolute Gasteiger partial charge is 0.381 e. The fraction of sp³-hybridized carbons (Fsp3) is 0.133. The summed E-state index contributed by atoms with van der Waals surface area (Å²) in [5.74, 6) is 0. The molecule has 2 aromatic heterocycles. The highest BCUT2D eigenvalue weighted by molar-refractivity contribution is 7.09. The van der Waals surface area contributed by atoms with Crippen LogP contribution in [0.5, 0.6) is 0 Å². The van der Waals surface area contributed by atoms with Crippen LogP contribution in [0.2, 0.25) is 0 Å². The minimum absolute atomic E-state index is 0.864. The summed E-state index contributed by atoms with van der Waals surface area (Å²) in [5.41, 5.74) is 4.68. The Morgan fingerprint density at radius 2 is 2.16 bits per heavy atom. The number of aromatic nitrogens is 1. The van der Waals surface area contributed by atoms with Crippen molar-refractivity contribution in [2.75, 3.05) is 5.32 Å². The average molecular weight is 286 g/mol. The predicted molar refractivity (Wildman–Crippen MR) is 83.9 cm³/mol. The minimum atomic E-state index is 0.864. The molecule has 1 N–H and O–H groups in total. The molecule has 4 heteroatoms. The Balaban J connectivity index is 1.76. The van der Waals surface area contributed by atoms with Crippen molar-refractivity contribution in [3.8, 4) is 11.3 Å². The Labute approximate surface area is 120 Å². The number of benzene rings is 1. The first-order valence-electron chi connectivity index (χ1n) is 6.09. The molecular formula is C15H14N2S2. The molecule has 0 aliphatic rings. The van der Waals surface area contributed by atoms with Crippen LogP contribution >= 0.6 is 22.7 Å². The molecule has 0 saturated carbocycles. The van der Waals surface area contributed by atoms with Crippen molar-refractivity contribution in [3.05, 3.63) is 57.0 Å². The molecule has 0 spiro atoms. The van der Waals surface area contributed by atoms with Gasteiger partial charge in [0.1, 0.15) is 0 Å². The third-order valence-electron chi connectivity index (χ3n) is 2.85. The van der Waals surface area contributed by atoms with E-state index in [4.69, 9.17) is 0 Å². The first-order valence-corrected chi connectivity index (χ1v) is 7.91. The predicted octanol–water partition coefficient (Wildman–Crippen LogP) is 4.79. The summed E-state index contributed by atoms with van der Waals surface area (Å²) < 4.78 is 0. The van der Waals surface area contributed by atoms with Crippen molar-refractivity contribution in [2.24, 2.45) is 0 Å². The van der Waals surface area contributed by atoms with E-state index in [0.717, 1.165) is 22.9 Å². The third-order valence-corrected chi connectivity index (χ3v) is 4.36. The maximum atomic E-state index is 4.52. The zero-order valence-corrected chi connectivity index (χ0v) is 12.2. The van der Waals surface area contributed by atoms with Gasteiger partial charge in [-0.15, -0.1) is 11.3 Å². The molecule has 1 aromatic carbocycles. The van der Waals surface area contributed by atoms with Crippen LogP contribution in [0.25, 0.3) is 11.3 Å². The van der Waals surface area contributed by atoms with Crippen molar-refractivity contribution < 1.29 is 0 Å². The lowest BCUT2D eigenvalue weighted by atomic mass is 10.1. The topological polar surface area (TPSA) is 24.9 Å². The van der Waals surface area contributed by atoms with E-state index in [1.807, 2.05) is 6.92 Å². The Morgan fingerprint density at radius 3 is 2.89 bits per heavy atom. The van der Waals surface area contributed by atoms with E-state index in [2.05, 4.69) is 56.8 Å². The van der Waals surface area contributed by atoms with E-state index in [1.54, 1.807) is 22.7 Å². The molecule has 3 aromatic rings. The monoisotopic (exact) mass is 286 g/mol. The van der Waals surface area contributed by atoms with E-state index >= 15 is 0 Å². The van der Waals surface area contributed by atoms with Crippen LogP contribution < -0.4 is 5.32 Å². The van der Waals surface area contributed by atoms with E-state index < -0.39 is 0 Å². The smallest absolute Gasteiger partial charge is 0.0901 e. The average Bonchev–Trinajstić information content (AvgIpc) is 3.08. The Kier molecular flexibility index (Phi) is 3.62. The summed E-state index contributed by atoms with van der Waals surface area (Å²) in [4.78, 5) is 4.52. The number of rotatable bonds is 4. The van der Waals surface area contributed by atoms with Crippen molar-refractivity contribution >= 4 is 28.4 Å². The van der Waals surface area contributed by atoms with Crippen molar-refractivity contribution in [3.63, 3.8) is 0 Å². The van der Waals surface area contributed by atoms with Gasteiger partial charge in [-0.25, -0.2) is 4.98 Å². The molecule has 0 atom stereocenters. The number of hydrogen-bond acceptors (Lipinski definition) is 4. The lowest BCUT2D eigenvalue weighted by molar-refractivity contribution is 1.16. The molecule has 0 unspecified atom stereocenters. The molecule has 0 aliphatic carbocycles. The summed E-state index contributed by atoms with van der Waals surface area (Å²) in [6.07, 6.45) is 0. The van der Waals surface area contributed by atoms with Gasteiger partial charge in [0.2, 0.25) is 0 Å². The second kappa shape index (κ2) is 5.55. The molecule has 96 valence electrons. The normalized spacial score (nSPS) is 10.6. The summed E-state index contributed by atoms with van der Waals surface area (Å²) in [6, 6.07) is 10.6. The summed E-state index contributed by atoms with van der Waals surface area (Å²) in [5, 5.41) is 10.9. The summed E-state index contributed by atoms with van der Waals surface area (Å²) in [7, 11) is 0.